The molecule has 0 amide bonds. The Labute approximate surface area is 98.0 Å². The number of aromatic nitrogens is 2. The van der Waals surface area contributed by atoms with Gasteiger partial charge in [0.15, 0.2) is 0 Å². The van der Waals surface area contributed by atoms with Gasteiger partial charge in [-0.25, -0.2) is 4.98 Å². The molecular formula is C11H12N2S2. The molecule has 0 saturated carbocycles. The molecule has 0 saturated heterocycles. The molecule has 0 bridgehead atoms. The Balaban J connectivity index is 2.54. The van der Waals surface area contributed by atoms with Crippen LogP contribution in [0.15, 0.2) is 22.9 Å². The normalized spacial score (nSPS) is 10.9. The second-order valence-electron chi connectivity index (χ2n) is 3.69. The van der Waals surface area contributed by atoms with E-state index in [0.717, 1.165) is 11.5 Å². The fraction of sp³-hybridized carbons (Fsp3) is 0.273. The molecule has 15 heavy (non-hydrogen) atoms. The maximum absolute atomic E-state index is 5.15. The van der Waals surface area contributed by atoms with Crippen LogP contribution in [-0.2, 0) is 0 Å². The Morgan fingerprint density at radius 1 is 1.47 bits per heavy atom. The van der Waals surface area contributed by atoms with Crippen LogP contribution in [0.4, 0.5) is 0 Å². The molecule has 0 aliphatic heterocycles. The molecule has 4 heteroatoms. The molecule has 0 aliphatic rings. The first-order valence-electron chi connectivity index (χ1n) is 4.80. The number of rotatable bonds is 2. The number of hydrogen-bond acceptors (Lipinski definition) is 3. The van der Waals surface area contributed by atoms with E-state index in [-0.39, 0.29) is 0 Å². The van der Waals surface area contributed by atoms with Gasteiger partial charge in [-0.2, -0.15) is 11.3 Å². The van der Waals surface area contributed by atoms with Crippen LogP contribution in [0.1, 0.15) is 25.6 Å². The minimum Gasteiger partial charge on any atom is -0.343 e. The lowest BCUT2D eigenvalue weighted by molar-refractivity contribution is 0.773. The Morgan fingerprint density at radius 3 is 2.87 bits per heavy atom. The van der Waals surface area contributed by atoms with E-state index in [2.05, 4.69) is 40.6 Å². The van der Waals surface area contributed by atoms with Crippen molar-refractivity contribution in [1.29, 1.82) is 0 Å². The number of nitrogens with one attached hydrogen (secondary N) is 1. The summed E-state index contributed by atoms with van der Waals surface area (Å²) >= 11 is 6.83. The first kappa shape index (κ1) is 10.5. The van der Waals surface area contributed by atoms with Crippen molar-refractivity contribution < 1.29 is 0 Å². The molecule has 0 aliphatic carbocycles. The SMILES string of the molecule is CC(C)c1nc(=S)cc(-c2ccsc2)[nH]1. The maximum atomic E-state index is 5.15. The van der Waals surface area contributed by atoms with Gasteiger partial charge in [0.1, 0.15) is 10.5 Å². The number of nitrogens with zero attached hydrogens (tertiary/aromatic N) is 1. The first-order valence-corrected chi connectivity index (χ1v) is 6.16. The monoisotopic (exact) mass is 236 g/mol. The van der Waals surface area contributed by atoms with Crippen LogP contribution in [0, 0.1) is 4.64 Å². The summed E-state index contributed by atoms with van der Waals surface area (Å²) in [7, 11) is 0. The van der Waals surface area contributed by atoms with Gasteiger partial charge in [-0.3, -0.25) is 0 Å². The molecule has 0 unspecified atom stereocenters. The first-order chi connectivity index (χ1) is 7.16. The molecule has 0 aromatic carbocycles. The van der Waals surface area contributed by atoms with Gasteiger partial charge in [-0.15, -0.1) is 0 Å². The topological polar surface area (TPSA) is 28.7 Å². The molecule has 2 aromatic rings. The van der Waals surface area contributed by atoms with Gasteiger partial charge in [0.2, 0.25) is 0 Å². The molecule has 78 valence electrons. The van der Waals surface area contributed by atoms with Gasteiger partial charge in [0.05, 0.1) is 5.69 Å². The highest BCUT2D eigenvalue weighted by Crippen LogP contribution is 2.21. The molecule has 2 nitrogen and oxygen atoms in total. The molecule has 0 spiro atoms. The molecule has 2 aromatic heterocycles. The molecule has 1 N–H and O–H groups in total. The standard InChI is InChI=1S/C11H12N2S2/c1-7(2)11-12-9(5-10(14)13-11)8-3-4-15-6-8/h3-7H,1-2H3,(H,12,13,14). The van der Waals surface area contributed by atoms with E-state index in [0.29, 0.717) is 10.6 Å². The Morgan fingerprint density at radius 2 is 2.27 bits per heavy atom. The van der Waals surface area contributed by atoms with Crippen molar-refractivity contribution in [3.63, 3.8) is 0 Å². The third kappa shape index (κ3) is 2.33. The third-order valence-electron chi connectivity index (χ3n) is 2.14. The largest absolute Gasteiger partial charge is 0.343 e. The van der Waals surface area contributed by atoms with Crippen molar-refractivity contribution in [3.05, 3.63) is 33.4 Å². The fourth-order valence-corrected chi connectivity index (χ4v) is 2.20. The minimum absolute atomic E-state index is 0.366. The van der Waals surface area contributed by atoms with Crippen LogP contribution < -0.4 is 0 Å². The van der Waals surface area contributed by atoms with E-state index in [4.69, 9.17) is 12.2 Å². The Hall–Kier alpha value is -1.00. The molecule has 2 heterocycles. The third-order valence-corrected chi connectivity index (χ3v) is 3.03. The summed E-state index contributed by atoms with van der Waals surface area (Å²) in [4.78, 5) is 7.62. The second-order valence-corrected chi connectivity index (χ2v) is 4.88. The van der Waals surface area contributed by atoms with E-state index >= 15 is 0 Å². The molecule has 0 radical (unpaired) electrons. The zero-order chi connectivity index (χ0) is 10.8. The van der Waals surface area contributed by atoms with Crippen molar-refractivity contribution in [1.82, 2.24) is 9.97 Å². The Kier molecular flexibility index (Phi) is 2.98. The number of H-pyrrole nitrogens is 1. The van der Waals surface area contributed by atoms with Gasteiger partial charge in [0.25, 0.3) is 0 Å². The Bertz CT molecular complexity index is 498. The summed E-state index contributed by atoms with van der Waals surface area (Å²) in [5, 5.41) is 4.16. The molecule has 0 atom stereocenters. The quantitative estimate of drug-likeness (QED) is 0.799. The van der Waals surface area contributed by atoms with E-state index in [1.54, 1.807) is 11.3 Å². The average Bonchev–Trinajstić information content (AvgIpc) is 2.69. The van der Waals surface area contributed by atoms with E-state index in [9.17, 15) is 0 Å². The van der Waals surface area contributed by atoms with Crippen molar-refractivity contribution in [2.24, 2.45) is 0 Å². The molecular weight excluding hydrogens is 224 g/mol. The van der Waals surface area contributed by atoms with Gasteiger partial charge in [-0.1, -0.05) is 26.1 Å². The van der Waals surface area contributed by atoms with E-state index in [1.165, 1.54) is 5.56 Å². The maximum Gasteiger partial charge on any atom is 0.130 e. The second kappa shape index (κ2) is 4.24. The lowest BCUT2D eigenvalue weighted by atomic mass is 10.2. The molecule has 2 rings (SSSR count). The van der Waals surface area contributed by atoms with Gasteiger partial charge in [-0.05, 0) is 17.5 Å². The van der Waals surface area contributed by atoms with Crippen molar-refractivity contribution >= 4 is 23.6 Å². The lowest BCUT2D eigenvalue weighted by Crippen LogP contribution is -1.98. The fourth-order valence-electron chi connectivity index (χ4n) is 1.32. The lowest BCUT2D eigenvalue weighted by Gasteiger charge is -2.06. The highest BCUT2D eigenvalue weighted by Gasteiger charge is 2.05. The predicted molar refractivity (Wildman–Crippen MR) is 66.8 cm³/mol. The van der Waals surface area contributed by atoms with Crippen molar-refractivity contribution in [2.75, 3.05) is 0 Å². The highest BCUT2D eigenvalue weighted by molar-refractivity contribution is 7.71. The smallest absolute Gasteiger partial charge is 0.130 e. The molecule has 0 fully saturated rings. The average molecular weight is 236 g/mol. The predicted octanol–water partition coefficient (Wildman–Crippen LogP) is 3.99. The summed E-state index contributed by atoms with van der Waals surface area (Å²) < 4.78 is 0.652. The van der Waals surface area contributed by atoms with Crippen LogP contribution >= 0.6 is 23.6 Å². The van der Waals surface area contributed by atoms with Crippen LogP contribution in [0.3, 0.4) is 0 Å². The van der Waals surface area contributed by atoms with Crippen LogP contribution in [-0.4, -0.2) is 9.97 Å². The van der Waals surface area contributed by atoms with Crippen molar-refractivity contribution in [2.45, 2.75) is 19.8 Å². The summed E-state index contributed by atoms with van der Waals surface area (Å²) in [6, 6.07) is 3.98. The summed E-state index contributed by atoms with van der Waals surface area (Å²) in [5.41, 5.74) is 2.23. The van der Waals surface area contributed by atoms with Crippen LogP contribution in [0.5, 0.6) is 0 Å². The zero-order valence-electron chi connectivity index (χ0n) is 8.65. The highest BCUT2D eigenvalue weighted by atomic mass is 32.1. The minimum atomic E-state index is 0.366. The van der Waals surface area contributed by atoms with Gasteiger partial charge >= 0.3 is 0 Å². The van der Waals surface area contributed by atoms with Crippen LogP contribution in [0.25, 0.3) is 11.3 Å². The van der Waals surface area contributed by atoms with Crippen molar-refractivity contribution in [3.8, 4) is 11.3 Å². The summed E-state index contributed by atoms with van der Waals surface area (Å²) in [5.74, 6) is 1.31. The van der Waals surface area contributed by atoms with E-state index in [1.807, 2.05) is 6.07 Å². The van der Waals surface area contributed by atoms with Gasteiger partial charge in [0, 0.05) is 16.9 Å². The summed E-state index contributed by atoms with van der Waals surface area (Å²) in [6.07, 6.45) is 0. The zero-order valence-corrected chi connectivity index (χ0v) is 10.3. The number of hydrogen-bond donors (Lipinski definition) is 1. The summed E-state index contributed by atoms with van der Waals surface area (Å²) in [6.45, 7) is 4.20. The van der Waals surface area contributed by atoms with E-state index < -0.39 is 0 Å². The van der Waals surface area contributed by atoms with Crippen LogP contribution in [0.2, 0.25) is 0 Å². The number of aromatic amines is 1. The number of thiophene rings is 1. The van der Waals surface area contributed by atoms with Gasteiger partial charge < -0.3 is 4.98 Å².